The fraction of sp³-hybridized carbons (Fsp3) is 0.0588. The van der Waals surface area contributed by atoms with Gasteiger partial charge in [-0.1, -0.05) is 145 Å². The molecule has 0 radical (unpaired) electrons. The predicted octanol–water partition coefficient (Wildman–Crippen LogP) is 10.2. The maximum absolute atomic E-state index is 14.2. The lowest BCUT2D eigenvalue weighted by Gasteiger charge is -2.24. The summed E-state index contributed by atoms with van der Waals surface area (Å²) >= 11 is 3.26. The second-order valence-corrected chi connectivity index (χ2v) is 16.5. The Balaban J connectivity index is 1.22. The summed E-state index contributed by atoms with van der Waals surface area (Å²) in [5.74, 6) is 7.44. The van der Waals surface area contributed by atoms with Crippen LogP contribution < -0.4 is 10.2 Å². The van der Waals surface area contributed by atoms with Gasteiger partial charge in [0.25, 0.3) is 0 Å². The smallest absolute Gasteiger partial charge is 0.193 e. The molecule has 0 aromatic heterocycles. The van der Waals surface area contributed by atoms with E-state index < -0.39 is 14.6 Å². The van der Waals surface area contributed by atoms with Gasteiger partial charge in [0.2, 0.25) is 0 Å². The topological polar surface area (TPSA) is 58.2 Å². The molecule has 0 saturated carbocycles. The molecule has 2 aliphatic rings. The summed E-state index contributed by atoms with van der Waals surface area (Å²) in [6.07, 6.45) is 0. The van der Waals surface area contributed by atoms with Gasteiger partial charge in [-0.05, 0) is 22.3 Å². The van der Waals surface area contributed by atoms with Crippen molar-refractivity contribution in [2.75, 3.05) is 13.1 Å². The fourth-order valence-corrected chi connectivity index (χ4v) is 12.3. The van der Waals surface area contributed by atoms with Crippen LogP contribution in [0.15, 0.2) is 145 Å². The Hall–Kier alpha value is -3.08. The van der Waals surface area contributed by atoms with Crippen LogP contribution in [0.25, 0.3) is 19.6 Å². The number of thioether (sulfide) groups is 2. The van der Waals surface area contributed by atoms with Gasteiger partial charge >= 0.3 is 0 Å². The molecular formula is C34H30N2O2P2S2. The highest BCUT2D eigenvalue weighted by molar-refractivity contribution is 8.18. The maximum atomic E-state index is 14.2. The van der Waals surface area contributed by atoms with E-state index in [-0.39, 0.29) is 0 Å². The number of benzene rings is 4. The van der Waals surface area contributed by atoms with Crippen LogP contribution in [0.2, 0.25) is 0 Å². The highest BCUT2D eigenvalue weighted by Crippen LogP contribution is 2.60. The fourth-order valence-electron chi connectivity index (χ4n) is 4.70. The number of hydrogen-bond donors (Lipinski definition) is 2. The zero-order valence-electron chi connectivity index (χ0n) is 22.8. The van der Waals surface area contributed by atoms with Gasteiger partial charge in [0.1, 0.15) is 0 Å². The van der Waals surface area contributed by atoms with E-state index in [1.165, 1.54) is 0 Å². The summed E-state index contributed by atoms with van der Waals surface area (Å²) < 4.78 is 28.4. The molecule has 42 heavy (non-hydrogen) atoms. The minimum Gasteiger partial charge on any atom is -0.298 e. The van der Waals surface area contributed by atoms with Crippen molar-refractivity contribution in [3.05, 3.63) is 167 Å². The summed E-state index contributed by atoms with van der Waals surface area (Å²) in [5, 5.41) is 6.60. The first kappa shape index (κ1) is 29.0. The van der Waals surface area contributed by atoms with E-state index in [2.05, 4.69) is 10.2 Å². The van der Waals surface area contributed by atoms with E-state index in [0.29, 0.717) is 13.1 Å². The average molecular weight is 625 g/mol. The van der Waals surface area contributed by atoms with Crippen molar-refractivity contribution in [2.24, 2.45) is 0 Å². The Morgan fingerprint density at radius 3 is 0.881 bits per heavy atom. The summed E-state index contributed by atoms with van der Waals surface area (Å²) in [7, 11) is -6.06. The van der Waals surface area contributed by atoms with Crippen molar-refractivity contribution < 1.29 is 9.13 Å². The molecule has 0 spiro atoms. The Morgan fingerprint density at radius 2 is 0.643 bits per heavy atom. The average Bonchev–Trinajstić information content (AvgIpc) is 3.04. The first-order valence-electron chi connectivity index (χ1n) is 13.7. The lowest BCUT2D eigenvalue weighted by atomic mass is 10.2. The molecule has 0 unspecified atom stereocenters. The quantitative estimate of drug-likeness (QED) is 0.143. The Morgan fingerprint density at radius 1 is 0.405 bits per heavy atom. The maximum Gasteiger partial charge on any atom is 0.193 e. The number of nitrogens with one attached hydrogen (secondary N) is 2. The van der Waals surface area contributed by atoms with E-state index in [0.717, 1.165) is 41.9 Å². The molecule has 0 aliphatic carbocycles. The van der Waals surface area contributed by atoms with Gasteiger partial charge in [-0.25, -0.2) is 0 Å². The van der Waals surface area contributed by atoms with Gasteiger partial charge in [0.05, 0.1) is 0 Å². The van der Waals surface area contributed by atoms with Crippen LogP contribution in [0.1, 0.15) is 22.3 Å². The summed E-state index contributed by atoms with van der Waals surface area (Å²) in [5.41, 5.74) is 4.13. The van der Waals surface area contributed by atoms with Gasteiger partial charge in [0.15, 0.2) is 14.6 Å². The van der Waals surface area contributed by atoms with Crippen molar-refractivity contribution in [1.29, 1.82) is 0 Å². The zero-order valence-corrected chi connectivity index (χ0v) is 26.2. The summed E-state index contributed by atoms with van der Waals surface area (Å²) in [6.45, 7) is 0.776. The van der Waals surface area contributed by atoms with Crippen LogP contribution in [0.4, 0.5) is 0 Å². The van der Waals surface area contributed by atoms with Crippen molar-refractivity contribution in [1.82, 2.24) is 10.2 Å². The first-order valence-corrected chi connectivity index (χ1v) is 19.0. The van der Waals surface area contributed by atoms with Gasteiger partial charge in [-0.2, -0.15) is 0 Å². The predicted molar refractivity (Wildman–Crippen MR) is 184 cm³/mol. The molecule has 210 valence electrons. The molecule has 4 nitrogen and oxygen atoms in total. The summed E-state index contributed by atoms with van der Waals surface area (Å²) in [6, 6.07) is 40.2. The highest BCUT2D eigenvalue weighted by Gasteiger charge is 2.28. The third-order valence-electron chi connectivity index (χ3n) is 6.75. The van der Waals surface area contributed by atoms with E-state index in [1.54, 1.807) is 23.5 Å². The minimum atomic E-state index is -3.03. The Kier molecular flexibility index (Phi) is 9.02. The lowest BCUT2D eigenvalue weighted by Crippen LogP contribution is -2.23. The van der Waals surface area contributed by atoms with Crippen LogP contribution in [0, 0.1) is 0 Å². The molecule has 0 amide bonds. The molecule has 8 heteroatoms. The number of rotatable bonds is 9. The van der Waals surface area contributed by atoms with Crippen LogP contribution in [0.5, 0.6) is 0 Å². The van der Waals surface area contributed by atoms with Gasteiger partial charge < -0.3 is 0 Å². The molecule has 2 N–H and O–H groups in total. The molecule has 0 fully saturated rings. The Bertz CT molecular complexity index is 1520. The lowest BCUT2D eigenvalue weighted by molar-refractivity contribution is 0.570. The molecule has 2 heterocycles. The zero-order chi connectivity index (χ0) is 28.8. The number of hydrogen-bond acceptors (Lipinski definition) is 4. The van der Waals surface area contributed by atoms with E-state index in [1.807, 2.05) is 145 Å². The normalized spacial score (nSPS) is 17.4. The van der Waals surface area contributed by atoms with E-state index in [9.17, 15) is 9.13 Å². The van der Waals surface area contributed by atoms with Gasteiger partial charge in [-0.3, -0.25) is 19.3 Å². The second kappa shape index (κ2) is 13.1. The largest absolute Gasteiger partial charge is 0.298 e. The second-order valence-electron chi connectivity index (χ2n) is 9.88. The van der Waals surface area contributed by atoms with Crippen LogP contribution in [-0.4, -0.2) is 13.1 Å². The SMILES string of the molecule is O=P1(NCCNP2(=O)C=C(c3ccccc3)SC(c3ccccc3)=C2)C=C(c2ccccc2)SC(c2ccccc2)=C1. The first-order chi connectivity index (χ1) is 20.5. The van der Waals surface area contributed by atoms with Crippen LogP contribution in [0.3, 0.4) is 0 Å². The van der Waals surface area contributed by atoms with Crippen molar-refractivity contribution >= 4 is 57.7 Å². The highest BCUT2D eigenvalue weighted by atomic mass is 32.2. The molecule has 2 aliphatic heterocycles. The van der Waals surface area contributed by atoms with Gasteiger partial charge in [-0.15, -0.1) is 0 Å². The molecule has 6 rings (SSSR count). The molecule has 0 atom stereocenters. The van der Waals surface area contributed by atoms with Crippen molar-refractivity contribution in [3.63, 3.8) is 0 Å². The van der Waals surface area contributed by atoms with Crippen molar-refractivity contribution in [2.45, 2.75) is 0 Å². The van der Waals surface area contributed by atoms with Gasteiger partial charge in [0, 0.05) is 56.0 Å². The third-order valence-corrected chi connectivity index (χ3v) is 13.7. The van der Waals surface area contributed by atoms with Crippen LogP contribution >= 0.6 is 38.1 Å². The molecule has 4 aromatic rings. The molecule has 4 aromatic carbocycles. The van der Waals surface area contributed by atoms with E-state index in [4.69, 9.17) is 0 Å². The van der Waals surface area contributed by atoms with Crippen LogP contribution in [-0.2, 0) is 9.13 Å². The molecule has 0 bridgehead atoms. The standard InChI is InChI=1S/C34H30N2O2P2S2/c37-39(23-31(27-13-5-1-6-14-27)41-32(24-39)28-15-7-2-8-16-28)35-21-22-36-40(38)25-33(29-17-9-3-10-18-29)42-34(26-40)30-19-11-4-12-20-30/h1-20,23-26H,21-22H2,(H,35,37)(H,36,38). The Labute approximate surface area is 256 Å². The third kappa shape index (κ3) is 7.10. The molecular weight excluding hydrogens is 594 g/mol. The monoisotopic (exact) mass is 624 g/mol. The van der Waals surface area contributed by atoms with E-state index >= 15 is 0 Å². The molecule has 0 saturated heterocycles. The van der Waals surface area contributed by atoms with Crippen molar-refractivity contribution in [3.8, 4) is 0 Å². The minimum absolute atomic E-state index is 0.388. The summed E-state index contributed by atoms with van der Waals surface area (Å²) in [4.78, 5) is 3.85.